The molecule has 1 fully saturated rings. The van der Waals surface area contributed by atoms with Gasteiger partial charge in [0.15, 0.2) is 0 Å². The standard InChI is InChI=1S/C21H26N2O4/c1-16-5-3-8-21(25)23(16)10-9-20(24)22-11-12-27-19(15-22)14-17-6-4-7-18(13-17)26-2/h3-8,13,19H,9-12,14-15H2,1-2H3. The Morgan fingerprint density at radius 2 is 2.07 bits per heavy atom. The van der Waals surface area contributed by atoms with Gasteiger partial charge in [0.1, 0.15) is 5.75 Å². The Bertz CT molecular complexity index is 846. The van der Waals surface area contributed by atoms with Gasteiger partial charge in [0, 0.05) is 44.2 Å². The zero-order valence-corrected chi connectivity index (χ0v) is 15.9. The lowest BCUT2D eigenvalue weighted by atomic mass is 10.1. The van der Waals surface area contributed by atoms with Crippen molar-refractivity contribution in [1.82, 2.24) is 9.47 Å². The molecule has 1 saturated heterocycles. The van der Waals surface area contributed by atoms with Crippen LogP contribution in [0, 0.1) is 6.92 Å². The van der Waals surface area contributed by atoms with Gasteiger partial charge in [-0.25, -0.2) is 0 Å². The van der Waals surface area contributed by atoms with Crippen LogP contribution in [0.15, 0.2) is 47.3 Å². The second-order valence-corrected chi connectivity index (χ2v) is 6.80. The molecular formula is C21H26N2O4. The molecule has 1 atom stereocenters. The molecule has 6 heteroatoms. The first-order chi connectivity index (χ1) is 13.1. The largest absolute Gasteiger partial charge is 0.497 e. The summed E-state index contributed by atoms with van der Waals surface area (Å²) < 4.78 is 12.8. The highest BCUT2D eigenvalue weighted by Gasteiger charge is 2.24. The molecule has 6 nitrogen and oxygen atoms in total. The Morgan fingerprint density at radius 3 is 2.85 bits per heavy atom. The maximum Gasteiger partial charge on any atom is 0.250 e. The van der Waals surface area contributed by atoms with E-state index in [0.717, 1.165) is 23.4 Å². The fourth-order valence-electron chi connectivity index (χ4n) is 3.41. The first-order valence-electron chi connectivity index (χ1n) is 9.25. The summed E-state index contributed by atoms with van der Waals surface area (Å²) in [7, 11) is 1.65. The van der Waals surface area contributed by atoms with E-state index >= 15 is 0 Å². The first-order valence-corrected chi connectivity index (χ1v) is 9.25. The monoisotopic (exact) mass is 370 g/mol. The van der Waals surface area contributed by atoms with E-state index in [-0.39, 0.29) is 17.6 Å². The number of carbonyl (C=O) groups excluding carboxylic acids is 1. The average molecular weight is 370 g/mol. The summed E-state index contributed by atoms with van der Waals surface area (Å²) in [6.45, 7) is 3.98. The van der Waals surface area contributed by atoms with E-state index in [2.05, 4.69) is 0 Å². The number of methoxy groups -OCH3 is 1. The second-order valence-electron chi connectivity index (χ2n) is 6.80. The topological polar surface area (TPSA) is 60.8 Å². The van der Waals surface area contributed by atoms with Gasteiger partial charge in [0.2, 0.25) is 5.91 Å². The number of ether oxygens (including phenoxy) is 2. The molecule has 0 saturated carbocycles. The van der Waals surface area contributed by atoms with Crippen molar-refractivity contribution in [3.63, 3.8) is 0 Å². The summed E-state index contributed by atoms with van der Waals surface area (Å²) in [5.41, 5.74) is 1.92. The number of amides is 1. The van der Waals surface area contributed by atoms with Crippen LogP contribution in [0.5, 0.6) is 5.75 Å². The molecule has 2 aromatic rings. The molecule has 0 radical (unpaired) electrons. The fraction of sp³-hybridized carbons (Fsp3) is 0.429. The Kier molecular flexibility index (Phi) is 6.29. The smallest absolute Gasteiger partial charge is 0.250 e. The number of nitrogens with zero attached hydrogens (tertiary/aromatic N) is 2. The molecule has 1 aliphatic heterocycles. The second kappa shape index (κ2) is 8.86. The van der Waals surface area contributed by atoms with Crippen LogP contribution in [0.4, 0.5) is 0 Å². The van der Waals surface area contributed by atoms with E-state index in [1.807, 2.05) is 42.2 Å². The third-order valence-corrected chi connectivity index (χ3v) is 4.91. The lowest BCUT2D eigenvalue weighted by Crippen LogP contribution is -2.46. The summed E-state index contributed by atoms with van der Waals surface area (Å²) >= 11 is 0. The van der Waals surface area contributed by atoms with E-state index in [1.165, 1.54) is 6.07 Å². The van der Waals surface area contributed by atoms with Crippen molar-refractivity contribution in [1.29, 1.82) is 0 Å². The summed E-state index contributed by atoms with van der Waals surface area (Å²) in [4.78, 5) is 26.4. The quantitative estimate of drug-likeness (QED) is 0.781. The zero-order valence-electron chi connectivity index (χ0n) is 15.9. The van der Waals surface area contributed by atoms with Crippen molar-refractivity contribution in [2.24, 2.45) is 0 Å². The van der Waals surface area contributed by atoms with Crippen molar-refractivity contribution >= 4 is 5.91 Å². The molecule has 0 N–H and O–H groups in total. The molecule has 1 aliphatic rings. The molecule has 1 aromatic heterocycles. The first kappa shape index (κ1) is 19.2. The molecule has 144 valence electrons. The van der Waals surface area contributed by atoms with E-state index in [4.69, 9.17) is 9.47 Å². The summed E-state index contributed by atoms with van der Waals surface area (Å²) in [6.07, 6.45) is 1.02. The Morgan fingerprint density at radius 1 is 1.26 bits per heavy atom. The van der Waals surface area contributed by atoms with Gasteiger partial charge in [0.05, 0.1) is 19.8 Å². The summed E-state index contributed by atoms with van der Waals surface area (Å²) in [5.74, 6) is 0.879. The predicted molar refractivity (Wildman–Crippen MR) is 103 cm³/mol. The molecule has 1 unspecified atom stereocenters. The highest BCUT2D eigenvalue weighted by molar-refractivity contribution is 5.76. The summed E-state index contributed by atoms with van der Waals surface area (Å²) in [5, 5.41) is 0. The van der Waals surface area contributed by atoms with Crippen molar-refractivity contribution in [2.45, 2.75) is 32.4 Å². The number of pyridine rings is 1. The SMILES string of the molecule is COc1cccc(CC2CN(C(=O)CCn3c(C)cccc3=O)CCO2)c1. The van der Waals surface area contributed by atoms with Crippen LogP contribution in [0.3, 0.4) is 0 Å². The van der Waals surface area contributed by atoms with Crippen LogP contribution in [0.2, 0.25) is 0 Å². The third kappa shape index (κ3) is 4.98. The molecule has 1 amide bonds. The number of hydrogen-bond donors (Lipinski definition) is 0. The molecule has 27 heavy (non-hydrogen) atoms. The maximum absolute atomic E-state index is 12.6. The van der Waals surface area contributed by atoms with Gasteiger partial charge >= 0.3 is 0 Å². The van der Waals surface area contributed by atoms with Crippen LogP contribution >= 0.6 is 0 Å². The van der Waals surface area contributed by atoms with Gasteiger partial charge in [-0.15, -0.1) is 0 Å². The maximum atomic E-state index is 12.6. The van der Waals surface area contributed by atoms with Crippen LogP contribution in [-0.4, -0.2) is 48.3 Å². The fourth-order valence-corrected chi connectivity index (χ4v) is 3.41. The lowest BCUT2D eigenvalue weighted by molar-refractivity contribution is -0.139. The van der Waals surface area contributed by atoms with E-state index in [0.29, 0.717) is 32.7 Å². The predicted octanol–water partition coefficient (Wildman–Crippen LogP) is 2.03. The Labute approximate surface area is 159 Å². The number of aryl methyl sites for hydroxylation is 1. The highest BCUT2D eigenvalue weighted by Crippen LogP contribution is 2.17. The molecule has 2 heterocycles. The highest BCUT2D eigenvalue weighted by atomic mass is 16.5. The third-order valence-electron chi connectivity index (χ3n) is 4.91. The molecule has 3 rings (SSSR count). The number of aromatic nitrogens is 1. The molecule has 0 bridgehead atoms. The molecule has 1 aromatic carbocycles. The van der Waals surface area contributed by atoms with Gasteiger partial charge in [0.25, 0.3) is 5.56 Å². The number of benzene rings is 1. The van der Waals surface area contributed by atoms with E-state index in [9.17, 15) is 9.59 Å². The van der Waals surface area contributed by atoms with Gasteiger partial charge in [-0.05, 0) is 30.7 Å². The number of carbonyl (C=O) groups is 1. The lowest BCUT2D eigenvalue weighted by Gasteiger charge is -2.33. The minimum Gasteiger partial charge on any atom is -0.497 e. The van der Waals surface area contributed by atoms with E-state index in [1.54, 1.807) is 17.7 Å². The number of hydrogen-bond acceptors (Lipinski definition) is 4. The zero-order chi connectivity index (χ0) is 19.2. The van der Waals surface area contributed by atoms with Crippen molar-refractivity contribution in [3.8, 4) is 5.75 Å². The van der Waals surface area contributed by atoms with Crippen molar-refractivity contribution < 1.29 is 14.3 Å². The van der Waals surface area contributed by atoms with Crippen LogP contribution in [0.1, 0.15) is 17.7 Å². The number of rotatable bonds is 6. The van der Waals surface area contributed by atoms with Gasteiger partial charge in [-0.1, -0.05) is 18.2 Å². The number of morpholine rings is 1. The van der Waals surface area contributed by atoms with Gasteiger partial charge in [-0.2, -0.15) is 0 Å². The van der Waals surface area contributed by atoms with Crippen LogP contribution in [-0.2, 0) is 22.5 Å². The molecule has 0 aliphatic carbocycles. The Hall–Kier alpha value is -2.60. The Balaban J connectivity index is 1.57. The summed E-state index contributed by atoms with van der Waals surface area (Å²) in [6, 6.07) is 13.0. The van der Waals surface area contributed by atoms with Crippen LogP contribution in [0.25, 0.3) is 0 Å². The van der Waals surface area contributed by atoms with Gasteiger partial charge in [-0.3, -0.25) is 9.59 Å². The average Bonchev–Trinajstić information content (AvgIpc) is 2.68. The normalized spacial score (nSPS) is 17.0. The van der Waals surface area contributed by atoms with Gasteiger partial charge < -0.3 is 18.9 Å². The van der Waals surface area contributed by atoms with Crippen molar-refractivity contribution in [3.05, 3.63) is 64.1 Å². The minimum atomic E-state index is -0.0688. The minimum absolute atomic E-state index is 0.0315. The van der Waals surface area contributed by atoms with E-state index < -0.39 is 0 Å². The van der Waals surface area contributed by atoms with Crippen molar-refractivity contribution in [2.75, 3.05) is 26.8 Å². The van der Waals surface area contributed by atoms with Crippen LogP contribution < -0.4 is 10.3 Å². The molecule has 0 spiro atoms. The molecular weight excluding hydrogens is 344 g/mol.